The molecule has 0 saturated heterocycles. The van der Waals surface area contributed by atoms with Crippen LogP contribution in [0.25, 0.3) is 265 Å². The number of nitrogens with zero attached hydrogens (tertiary/aromatic N) is 6. The summed E-state index contributed by atoms with van der Waals surface area (Å²) in [7, 11) is 0. The van der Waals surface area contributed by atoms with E-state index in [-0.39, 0.29) is 0 Å². The second kappa shape index (κ2) is 32.7. The summed E-state index contributed by atoms with van der Waals surface area (Å²) in [5, 5.41) is 17.0. The van der Waals surface area contributed by atoms with E-state index in [1.54, 1.807) is 0 Å². The minimum atomic E-state index is 0.716. The molecule has 0 amide bonds. The van der Waals surface area contributed by atoms with E-state index < -0.39 is 0 Å². The van der Waals surface area contributed by atoms with Gasteiger partial charge in [0, 0.05) is 87.2 Å². The van der Waals surface area contributed by atoms with E-state index in [2.05, 4.69) is 394 Å². The molecule has 21 aromatic carbocycles. The number of aromatic nitrogens is 6. The summed E-state index contributed by atoms with van der Waals surface area (Å²) < 4.78 is 18.5. The van der Waals surface area contributed by atoms with Crippen LogP contribution >= 0.6 is 0 Å². The molecule has 9 heteroatoms. The molecule has 0 radical (unpaired) electrons. The first kappa shape index (κ1) is 77.4. The van der Waals surface area contributed by atoms with Gasteiger partial charge in [-0.15, -0.1) is 0 Å². The molecule has 0 aliphatic heterocycles. The van der Waals surface area contributed by atoms with Gasteiger partial charge in [0.15, 0.2) is 5.82 Å². The molecule has 9 nitrogen and oxygen atoms in total. The van der Waals surface area contributed by atoms with E-state index >= 15 is 0 Å². The largest absolute Gasteiger partial charge is 0.456 e. The standard InChI is InChI=1S/2C42H26N2O.C40H24N2O/c1-2-9-27(10-3-1)31-12-8-13-33(25-31)42-43-40(36-23-21-29-11-4-5-14-34(29)41(36)44-42)30-19-17-28(18-20-30)32-22-24-39-37(26-32)35-15-6-7-16-38(35)45-39;1-2-9-27(10-3-1)28-17-21-31(22-18-28)40-41(44-42-34-12-5-4-11-29(34)25-26-36(42)43-40)32-23-19-30(20-24-32)33-14-8-16-38-39(33)35-13-6-7-15-37(35)45-38;1-2-10-29-24-30(21-18-25(29)8-1)26-16-19-28(20-17-26)38-40(42-39-31-11-4-3-9-27(31)22-23-34(39)41-38)33-13-7-15-36-37(33)32-12-5-6-14-35(32)43-36/h2*1-26H;1-24H. The fourth-order valence-electron chi connectivity index (χ4n) is 19.2. The zero-order chi connectivity index (χ0) is 87.8. The third kappa shape index (κ3) is 14.2. The van der Waals surface area contributed by atoms with Gasteiger partial charge in [0.25, 0.3) is 0 Å². The summed E-state index contributed by atoms with van der Waals surface area (Å²) in [6, 6.07) is 161. The molecule has 0 atom stereocenters. The van der Waals surface area contributed by atoms with Gasteiger partial charge in [-0.05, 0) is 155 Å². The average molecular weight is 1700 g/mol. The second-order valence-electron chi connectivity index (χ2n) is 33.8. The topological polar surface area (TPSA) is 117 Å². The summed E-state index contributed by atoms with van der Waals surface area (Å²) in [6.45, 7) is 0. The van der Waals surface area contributed by atoms with Crippen LogP contribution in [0.3, 0.4) is 0 Å². The van der Waals surface area contributed by atoms with Crippen molar-refractivity contribution in [1.29, 1.82) is 0 Å². The lowest BCUT2D eigenvalue weighted by Gasteiger charge is -2.13. The number of rotatable bonds is 11. The maximum Gasteiger partial charge on any atom is 0.160 e. The molecule has 620 valence electrons. The molecule has 0 aliphatic carbocycles. The molecular formula is C124H76N6O3. The van der Waals surface area contributed by atoms with Crippen molar-refractivity contribution in [1.82, 2.24) is 29.9 Å². The van der Waals surface area contributed by atoms with Crippen molar-refractivity contribution in [2.45, 2.75) is 0 Å². The summed E-state index contributed by atoms with van der Waals surface area (Å²) in [4.78, 5) is 31.7. The summed E-state index contributed by atoms with van der Waals surface area (Å²) in [6.07, 6.45) is 0. The molecule has 0 N–H and O–H groups in total. The smallest absolute Gasteiger partial charge is 0.160 e. The lowest BCUT2D eigenvalue weighted by molar-refractivity contribution is 0.668. The SMILES string of the molecule is c1ccc(-c2ccc(-c3nc4ccc5ccccc5c4nc3-c3ccc(-c4cccc5oc6ccccc6c45)cc3)cc2)cc1.c1ccc(-c2cccc(-c3nc(-c4ccc(-c5ccc6oc7ccccc7c6c5)cc4)c4ccc5ccccc5c4n3)c2)cc1.c1ccc2cc(-c3ccc(-c4nc5ccc6ccccc6c5nc4-c4cccc5oc6ccccc6c45)cc3)ccc2c1. The Hall–Kier alpha value is -17.9. The predicted octanol–water partition coefficient (Wildman–Crippen LogP) is 33.5. The van der Waals surface area contributed by atoms with Crippen molar-refractivity contribution in [3.63, 3.8) is 0 Å². The number of fused-ring (bicyclic) bond motifs is 19. The monoisotopic (exact) mass is 1700 g/mol. The number of furan rings is 3. The van der Waals surface area contributed by atoms with Gasteiger partial charge < -0.3 is 13.3 Å². The molecule has 0 spiro atoms. The van der Waals surface area contributed by atoms with Crippen LogP contribution in [0.4, 0.5) is 0 Å². The minimum absolute atomic E-state index is 0.716. The van der Waals surface area contributed by atoms with E-state index in [1.165, 1.54) is 38.6 Å². The normalized spacial score (nSPS) is 11.6. The van der Waals surface area contributed by atoms with Crippen LogP contribution in [0.15, 0.2) is 474 Å². The zero-order valence-electron chi connectivity index (χ0n) is 71.8. The highest BCUT2D eigenvalue weighted by Crippen LogP contribution is 2.46. The molecule has 0 fully saturated rings. The first-order chi connectivity index (χ1) is 65.9. The van der Waals surface area contributed by atoms with Crippen LogP contribution in [0.2, 0.25) is 0 Å². The van der Waals surface area contributed by atoms with Gasteiger partial charge >= 0.3 is 0 Å². The van der Waals surface area contributed by atoms with Gasteiger partial charge in [0.05, 0.1) is 56.1 Å². The van der Waals surface area contributed by atoms with Crippen LogP contribution in [0, 0.1) is 0 Å². The quantitative estimate of drug-likeness (QED) is 0.117. The molecule has 0 unspecified atom stereocenters. The second-order valence-corrected chi connectivity index (χ2v) is 33.8. The van der Waals surface area contributed by atoms with Gasteiger partial charge in [-0.25, -0.2) is 29.9 Å². The summed E-state index contributed by atoms with van der Waals surface area (Å²) in [5.41, 5.74) is 31.9. The van der Waals surface area contributed by atoms with Crippen molar-refractivity contribution < 1.29 is 13.3 Å². The van der Waals surface area contributed by atoms with Gasteiger partial charge in [0.2, 0.25) is 0 Å². The van der Waals surface area contributed by atoms with E-state index in [0.717, 1.165) is 221 Å². The molecule has 0 aliphatic rings. The van der Waals surface area contributed by atoms with Crippen molar-refractivity contribution in [2.75, 3.05) is 0 Å². The Balaban J connectivity index is 0.000000107. The van der Waals surface area contributed by atoms with E-state index in [0.29, 0.717) is 5.82 Å². The molecule has 27 rings (SSSR count). The highest BCUT2D eigenvalue weighted by Gasteiger charge is 2.24. The lowest BCUT2D eigenvalue weighted by Crippen LogP contribution is -1.97. The minimum Gasteiger partial charge on any atom is -0.456 e. The molecule has 6 heterocycles. The fraction of sp³-hybridized carbons (Fsp3) is 0. The van der Waals surface area contributed by atoms with Crippen molar-refractivity contribution in [3.8, 4) is 123 Å². The average Bonchev–Trinajstić information content (AvgIpc) is 1.72. The first-order valence-corrected chi connectivity index (χ1v) is 44.8. The number of hydrogen-bond acceptors (Lipinski definition) is 9. The Labute approximate surface area is 764 Å². The highest BCUT2D eigenvalue weighted by molar-refractivity contribution is 6.17. The molecule has 6 aromatic heterocycles. The van der Waals surface area contributed by atoms with Crippen molar-refractivity contribution in [2.24, 2.45) is 0 Å². The maximum atomic E-state index is 6.26. The number of hydrogen-bond donors (Lipinski definition) is 0. The van der Waals surface area contributed by atoms with E-state index in [9.17, 15) is 0 Å². The summed E-state index contributed by atoms with van der Waals surface area (Å²) in [5.74, 6) is 0.716. The van der Waals surface area contributed by atoms with Gasteiger partial charge in [-0.3, -0.25) is 0 Å². The number of benzene rings is 21. The summed E-state index contributed by atoms with van der Waals surface area (Å²) >= 11 is 0. The van der Waals surface area contributed by atoms with Crippen molar-refractivity contribution in [3.05, 3.63) is 461 Å². The van der Waals surface area contributed by atoms with Crippen molar-refractivity contribution >= 4 is 142 Å². The molecule has 0 bridgehead atoms. The molecule has 133 heavy (non-hydrogen) atoms. The Morgan fingerprint density at radius 3 is 1.08 bits per heavy atom. The highest BCUT2D eigenvalue weighted by atomic mass is 16.3. The molecule has 0 saturated carbocycles. The van der Waals surface area contributed by atoms with Gasteiger partial charge in [0.1, 0.15) is 33.5 Å². The predicted molar refractivity (Wildman–Crippen MR) is 550 cm³/mol. The third-order valence-electron chi connectivity index (χ3n) is 25.8. The Kier molecular flexibility index (Phi) is 19.1. The number of para-hydroxylation sites is 3. The van der Waals surface area contributed by atoms with Crippen LogP contribution in [0.1, 0.15) is 0 Å². The Bertz CT molecular complexity index is 9250. The van der Waals surface area contributed by atoms with Gasteiger partial charge in [-0.2, -0.15) is 0 Å². The van der Waals surface area contributed by atoms with E-state index in [4.69, 9.17) is 43.2 Å². The van der Waals surface area contributed by atoms with Crippen LogP contribution in [-0.4, -0.2) is 29.9 Å². The maximum absolute atomic E-state index is 6.26. The first-order valence-electron chi connectivity index (χ1n) is 44.8. The van der Waals surface area contributed by atoms with Crippen LogP contribution < -0.4 is 0 Å². The fourth-order valence-corrected chi connectivity index (χ4v) is 19.2. The lowest BCUT2D eigenvalue weighted by atomic mass is 9.96. The van der Waals surface area contributed by atoms with Crippen LogP contribution in [0.5, 0.6) is 0 Å². The van der Waals surface area contributed by atoms with Gasteiger partial charge in [-0.1, -0.05) is 388 Å². The third-order valence-corrected chi connectivity index (χ3v) is 25.8. The zero-order valence-corrected chi connectivity index (χ0v) is 71.8. The molecule has 27 aromatic rings. The molecular weight excluding hydrogens is 1620 g/mol. The Morgan fingerprint density at radius 2 is 0.489 bits per heavy atom. The van der Waals surface area contributed by atoms with Crippen LogP contribution in [-0.2, 0) is 0 Å². The van der Waals surface area contributed by atoms with E-state index in [1.807, 2.05) is 66.7 Å². The Morgan fingerprint density at radius 1 is 0.143 bits per heavy atom.